The molecule has 2 aromatic heterocycles. The number of anilines is 3. The average Bonchev–Trinajstić information content (AvgIpc) is 3.02. The number of para-hydroxylation sites is 1. The van der Waals surface area contributed by atoms with Gasteiger partial charge in [0.05, 0.1) is 48.9 Å². The Bertz CT molecular complexity index is 1680. The first-order chi connectivity index (χ1) is 19.9. The first-order valence-electron chi connectivity index (χ1n) is 13.3. The Hall–Kier alpha value is -4.10. The van der Waals surface area contributed by atoms with Crippen molar-refractivity contribution in [3.05, 3.63) is 72.4 Å². The molecule has 4 heterocycles. The van der Waals surface area contributed by atoms with E-state index in [1.807, 2.05) is 24.3 Å². The molecule has 2 aliphatic rings. The molecular formula is C29H29N5O6S. The van der Waals surface area contributed by atoms with Crippen LogP contribution in [0.2, 0.25) is 0 Å². The van der Waals surface area contributed by atoms with Crippen LogP contribution < -0.4 is 15.5 Å². The molecule has 2 aromatic carbocycles. The molecule has 41 heavy (non-hydrogen) atoms. The molecule has 6 rings (SSSR count). The second kappa shape index (κ2) is 11.4. The number of morpholine rings is 2. The monoisotopic (exact) mass is 575 g/mol. The zero-order valence-electron chi connectivity index (χ0n) is 22.1. The fourth-order valence-electron chi connectivity index (χ4n) is 4.98. The maximum Gasteiger partial charge on any atom is 0.337 e. The third-order valence-electron chi connectivity index (χ3n) is 7.18. The molecule has 0 bridgehead atoms. The summed E-state index contributed by atoms with van der Waals surface area (Å²) in [5, 5.41) is 15.5. The smallest absolute Gasteiger partial charge is 0.337 e. The van der Waals surface area contributed by atoms with E-state index in [0.717, 1.165) is 30.0 Å². The molecule has 11 nitrogen and oxygen atoms in total. The van der Waals surface area contributed by atoms with E-state index < -0.39 is 21.2 Å². The Morgan fingerprint density at radius 2 is 1.78 bits per heavy atom. The van der Waals surface area contributed by atoms with Crippen LogP contribution in [0.1, 0.15) is 10.4 Å². The van der Waals surface area contributed by atoms with Crippen LogP contribution in [0.25, 0.3) is 22.0 Å². The topological polar surface area (TPSA) is 143 Å². The molecule has 0 saturated carbocycles. The number of rotatable bonds is 7. The van der Waals surface area contributed by atoms with Gasteiger partial charge in [0.2, 0.25) is 9.84 Å². The van der Waals surface area contributed by atoms with Crippen LogP contribution in [0.4, 0.5) is 17.2 Å². The van der Waals surface area contributed by atoms with Crippen molar-refractivity contribution in [2.75, 3.05) is 56.3 Å². The second-order valence-electron chi connectivity index (χ2n) is 9.78. The number of carboxylic acid groups (broad SMARTS) is 1. The summed E-state index contributed by atoms with van der Waals surface area (Å²) in [7, 11) is -3.90. The minimum Gasteiger partial charge on any atom is -0.478 e. The van der Waals surface area contributed by atoms with Crippen molar-refractivity contribution in [1.82, 2.24) is 15.3 Å². The zero-order chi connectivity index (χ0) is 28.4. The van der Waals surface area contributed by atoms with E-state index in [2.05, 4.69) is 25.5 Å². The van der Waals surface area contributed by atoms with Crippen LogP contribution >= 0.6 is 0 Å². The highest BCUT2D eigenvalue weighted by Gasteiger charge is 2.31. The van der Waals surface area contributed by atoms with Crippen LogP contribution in [0, 0.1) is 0 Å². The molecule has 2 fully saturated rings. The van der Waals surface area contributed by atoms with Crippen molar-refractivity contribution in [2.24, 2.45) is 0 Å². The number of nitrogens with one attached hydrogen (secondary N) is 2. The number of aromatic carboxylic acids is 1. The number of carboxylic acids is 1. The number of benzene rings is 2. The van der Waals surface area contributed by atoms with Gasteiger partial charge >= 0.3 is 5.97 Å². The molecule has 0 amide bonds. The van der Waals surface area contributed by atoms with Crippen molar-refractivity contribution < 1.29 is 27.8 Å². The van der Waals surface area contributed by atoms with Gasteiger partial charge in [-0.05, 0) is 48.0 Å². The van der Waals surface area contributed by atoms with Gasteiger partial charge in [0.25, 0.3) is 0 Å². The van der Waals surface area contributed by atoms with Gasteiger partial charge in [-0.2, -0.15) is 0 Å². The van der Waals surface area contributed by atoms with E-state index in [4.69, 9.17) is 9.47 Å². The highest BCUT2D eigenvalue weighted by Crippen LogP contribution is 2.34. The summed E-state index contributed by atoms with van der Waals surface area (Å²) in [5.74, 6) is -0.225. The maximum atomic E-state index is 13.5. The van der Waals surface area contributed by atoms with E-state index in [-0.39, 0.29) is 17.2 Å². The second-order valence-corrected chi connectivity index (χ2v) is 11.9. The Balaban J connectivity index is 1.43. The molecule has 0 aliphatic carbocycles. The standard InChI is InChI=1S/C29H29N5O6S/c35-29(36)21-3-1-2-4-23(21)32-25-16-27(41(37,38)28-18-40-12-9-30-28)33-24-7-5-19(15-22(24)25)20-6-8-26(31-17-20)34-10-13-39-14-11-34/h1-8,15-17,28,30H,9-14,18H2,(H,32,33)(H,35,36). The lowest BCUT2D eigenvalue weighted by Crippen LogP contribution is -2.46. The van der Waals surface area contributed by atoms with E-state index in [9.17, 15) is 18.3 Å². The van der Waals surface area contributed by atoms with Gasteiger partial charge in [0.15, 0.2) is 5.03 Å². The molecule has 4 aromatic rings. The quantitative estimate of drug-likeness (QED) is 0.299. The molecule has 3 N–H and O–H groups in total. The Kier molecular flexibility index (Phi) is 7.54. The maximum absolute atomic E-state index is 13.5. The number of carbonyl (C=O) groups is 1. The lowest BCUT2D eigenvalue weighted by molar-refractivity contribution is 0.0698. The summed E-state index contributed by atoms with van der Waals surface area (Å²) in [5.41, 5.74) is 2.98. The number of hydrogen-bond donors (Lipinski definition) is 3. The number of sulfone groups is 1. The lowest BCUT2D eigenvalue weighted by Gasteiger charge is -2.27. The van der Waals surface area contributed by atoms with Gasteiger partial charge in [-0.1, -0.05) is 18.2 Å². The predicted molar refractivity (Wildman–Crippen MR) is 154 cm³/mol. The molecule has 212 valence electrons. The van der Waals surface area contributed by atoms with Gasteiger partial charge in [-0.3, -0.25) is 5.32 Å². The lowest BCUT2D eigenvalue weighted by atomic mass is 10.0. The molecule has 1 atom stereocenters. The number of fused-ring (bicyclic) bond motifs is 1. The summed E-state index contributed by atoms with van der Waals surface area (Å²) < 4.78 is 37.9. The highest BCUT2D eigenvalue weighted by atomic mass is 32.2. The number of aromatic nitrogens is 2. The predicted octanol–water partition coefficient (Wildman–Crippen LogP) is 3.29. The zero-order valence-corrected chi connectivity index (χ0v) is 22.9. The minimum atomic E-state index is -3.90. The number of hydrogen-bond acceptors (Lipinski definition) is 10. The summed E-state index contributed by atoms with van der Waals surface area (Å²) in [4.78, 5) is 23.2. The fraction of sp³-hybridized carbons (Fsp3) is 0.276. The van der Waals surface area contributed by atoms with Gasteiger partial charge in [0.1, 0.15) is 11.2 Å². The first-order valence-corrected chi connectivity index (χ1v) is 14.8. The first kappa shape index (κ1) is 27.1. The Labute approximate surface area is 237 Å². The SMILES string of the molecule is O=C(O)c1ccccc1Nc1cc(S(=O)(=O)C2COCCN2)nc2ccc(-c3ccc(N4CCOCC4)nc3)cc12. The van der Waals surface area contributed by atoms with Crippen molar-refractivity contribution in [3.63, 3.8) is 0 Å². The molecule has 2 aliphatic heterocycles. The van der Waals surface area contributed by atoms with Crippen LogP contribution in [-0.4, -0.2) is 80.9 Å². The Morgan fingerprint density at radius 1 is 0.976 bits per heavy atom. The number of pyridine rings is 2. The Morgan fingerprint density at radius 3 is 2.51 bits per heavy atom. The van der Waals surface area contributed by atoms with E-state index in [0.29, 0.717) is 48.6 Å². The van der Waals surface area contributed by atoms with E-state index >= 15 is 0 Å². The third-order valence-corrected chi connectivity index (χ3v) is 9.03. The van der Waals surface area contributed by atoms with Gasteiger partial charge in [-0.25, -0.2) is 23.2 Å². The molecule has 1 unspecified atom stereocenters. The average molecular weight is 576 g/mol. The largest absolute Gasteiger partial charge is 0.478 e. The van der Waals surface area contributed by atoms with Gasteiger partial charge in [0, 0.05) is 36.8 Å². The van der Waals surface area contributed by atoms with Crippen LogP contribution in [0.15, 0.2) is 71.9 Å². The highest BCUT2D eigenvalue weighted by molar-refractivity contribution is 7.92. The normalized spacial score (nSPS) is 17.9. The molecular weight excluding hydrogens is 546 g/mol. The van der Waals surface area contributed by atoms with E-state index in [1.165, 1.54) is 12.1 Å². The van der Waals surface area contributed by atoms with Crippen molar-refractivity contribution in [3.8, 4) is 11.1 Å². The third kappa shape index (κ3) is 5.59. The number of ether oxygens (including phenoxy) is 2. The molecule has 0 radical (unpaired) electrons. The summed E-state index contributed by atoms with van der Waals surface area (Å²) in [6.07, 6.45) is 1.81. The fourth-order valence-corrected chi connectivity index (χ4v) is 6.39. The summed E-state index contributed by atoms with van der Waals surface area (Å²) in [6.45, 7) is 3.77. The van der Waals surface area contributed by atoms with Crippen LogP contribution in [0.5, 0.6) is 0 Å². The minimum absolute atomic E-state index is 0.0129. The molecule has 2 saturated heterocycles. The summed E-state index contributed by atoms with van der Waals surface area (Å²) >= 11 is 0. The molecule has 12 heteroatoms. The van der Waals surface area contributed by atoms with Crippen molar-refractivity contribution in [2.45, 2.75) is 10.4 Å². The number of nitrogens with zero attached hydrogens (tertiary/aromatic N) is 3. The van der Waals surface area contributed by atoms with Crippen molar-refractivity contribution in [1.29, 1.82) is 0 Å². The van der Waals surface area contributed by atoms with Gasteiger partial charge in [-0.15, -0.1) is 0 Å². The van der Waals surface area contributed by atoms with E-state index in [1.54, 1.807) is 30.5 Å². The summed E-state index contributed by atoms with van der Waals surface area (Å²) in [6, 6.07) is 17.4. The van der Waals surface area contributed by atoms with Crippen LogP contribution in [-0.2, 0) is 19.3 Å². The van der Waals surface area contributed by atoms with Crippen molar-refractivity contribution >= 4 is 43.9 Å². The molecule has 0 spiro atoms. The van der Waals surface area contributed by atoms with Gasteiger partial charge < -0.3 is 24.8 Å². The van der Waals surface area contributed by atoms with Crippen LogP contribution in [0.3, 0.4) is 0 Å².